The first-order valence-corrected chi connectivity index (χ1v) is 5.05. The molecule has 3 heteroatoms. The van der Waals surface area contributed by atoms with Crippen molar-refractivity contribution in [1.29, 1.82) is 0 Å². The SMILES string of the molecule is OCCCc1cc2cc(Cl)ccc2[nH]1. The molecule has 2 N–H and O–H groups in total. The van der Waals surface area contributed by atoms with Gasteiger partial charge < -0.3 is 10.1 Å². The topological polar surface area (TPSA) is 36.0 Å². The van der Waals surface area contributed by atoms with Crippen LogP contribution in [0.25, 0.3) is 10.9 Å². The van der Waals surface area contributed by atoms with E-state index in [9.17, 15) is 0 Å². The van der Waals surface area contributed by atoms with Crippen molar-refractivity contribution in [2.75, 3.05) is 6.61 Å². The Morgan fingerprint density at radius 1 is 1.29 bits per heavy atom. The van der Waals surface area contributed by atoms with E-state index in [2.05, 4.69) is 11.1 Å². The molecule has 0 saturated heterocycles. The molecule has 0 amide bonds. The Morgan fingerprint density at radius 2 is 2.14 bits per heavy atom. The highest BCUT2D eigenvalue weighted by molar-refractivity contribution is 6.31. The summed E-state index contributed by atoms with van der Waals surface area (Å²) in [6, 6.07) is 7.86. The summed E-state index contributed by atoms with van der Waals surface area (Å²) < 4.78 is 0. The normalized spacial score (nSPS) is 11.0. The second-order valence-corrected chi connectivity index (χ2v) is 3.79. The van der Waals surface area contributed by atoms with Crippen LogP contribution in [0.5, 0.6) is 0 Å². The summed E-state index contributed by atoms with van der Waals surface area (Å²) in [7, 11) is 0. The van der Waals surface area contributed by atoms with Crippen LogP contribution >= 0.6 is 11.6 Å². The van der Waals surface area contributed by atoms with Crippen molar-refractivity contribution in [2.45, 2.75) is 12.8 Å². The maximum Gasteiger partial charge on any atom is 0.0457 e. The Hall–Kier alpha value is -0.990. The summed E-state index contributed by atoms with van der Waals surface area (Å²) in [4.78, 5) is 3.29. The van der Waals surface area contributed by atoms with Crippen molar-refractivity contribution in [3.8, 4) is 0 Å². The van der Waals surface area contributed by atoms with Crippen molar-refractivity contribution in [3.63, 3.8) is 0 Å². The molecule has 0 saturated carbocycles. The summed E-state index contributed by atoms with van der Waals surface area (Å²) in [6.07, 6.45) is 1.67. The third-order valence-corrected chi connectivity index (χ3v) is 2.48. The van der Waals surface area contributed by atoms with Gasteiger partial charge in [0.2, 0.25) is 0 Å². The van der Waals surface area contributed by atoms with Gasteiger partial charge in [-0.05, 0) is 37.1 Å². The van der Waals surface area contributed by atoms with Crippen molar-refractivity contribution in [2.24, 2.45) is 0 Å². The Bertz CT molecular complexity index is 436. The number of H-pyrrole nitrogens is 1. The molecule has 0 atom stereocenters. The Balaban J connectivity index is 2.32. The van der Waals surface area contributed by atoms with Gasteiger partial charge in [0, 0.05) is 28.2 Å². The number of nitrogens with one attached hydrogen (secondary N) is 1. The smallest absolute Gasteiger partial charge is 0.0457 e. The number of hydrogen-bond donors (Lipinski definition) is 2. The predicted molar refractivity (Wildman–Crippen MR) is 58.7 cm³/mol. The molecule has 1 aromatic carbocycles. The molecule has 14 heavy (non-hydrogen) atoms. The van der Waals surface area contributed by atoms with Crippen molar-refractivity contribution in [1.82, 2.24) is 4.98 Å². The molecule has 0 aliphatic carbocycles. The number of aliphatic hydroxyl groups excluding tert-OH is 1. The van der Waals surface area contributed by atoms with E-state index in [1.807, 2.05) is 18.2 Å². The molecule has 0 aliphatic rings. The lowest BCUT2D eigenvalue weighted by Gasteiger charge is -1.92. The van der Waals surface area contributed by atoms with Crippen molar-refractivity contribution >= 4 is 22.5 Å². The largest absolute Gasteiger partial charge is 0.396 e. The van der Waals surface area contributed by atoms with Gasteiger partial charge in [0.1, 0.15) is 0 Å². The zero-order valence-corrected chi connectivity index (χ0v) is 8.51. The maximum absolute atomic E-state index is 8.71. The molecule has 74 valence electrons. The third kappa shape index (κ3) is 1.91. The average Bonchev–Trinajstić information content (AvgIpc) is 2.56. The summed E-state index contributed by atoms with van der Waals surface area (Å²) in [5, 5.41) is 10.6. The Labute approximate surface area is 87.5 Å². The van der Waals surface area contributed by atoms with Crippen molar-refractivity contribution < 1.29 is 5.11 Å². The summed E-state index contributed by atoms with van der Waals surface area (Å²) >= 11 is 5.88. The van der Waals surface area contributed by atoms with Gasteiger partial charge in [0.05, 0.1) is 0 Å². The van der Waals surface area contributed by atoms with E-state index in [4.69, 9.17) is 16.7 Å². The zero-order valence-electron chi connectivity index (χ0n) is 7.76. The summed E-state index contributed by atoms with van der Waals surface area (Å²) in [6.45, 7) is 0.232. The van der Waals surface area contributed by atoms with Gasteiger partial charge in [0.15, 0.2) is 0 Å². The fraction of sp³-hybridized carbons (Fsp3) is 0.273. The van der Waals surface area contributed by atoms with Gasteiger partial charge in [-0.1, -0.05) is 11.6 Å². The number of aliphatic hydroxyl groups is 1. The molecule has 0 aliphatic heterocycles. The average molecular weight is 210 g/mol. The highest BCUT2D eigenvalue weighted by Crippen LogP contribution is 2.20. The quantitative estimate of drug-likeness (QED) is 0.801. The maximum atomic E-state index is 8.71. The number of rotatable bonds is 3. The van der Waals surface area contributed by atoms with Crippen LogP contribution < -0.4 is 0 Å². The van der Waals surface area contributed by atoms with E-state index in [1.54, 1.807) is 0 Å². The monoisotopic (exact) mass is 209 g/mol. The minimum absolute atomic E-state index is 0.232. The Morgan fingerprint density at radius 3 is 2.93 bits per heavy atom. The lowest BCUT2D eigenvalue weighted by molar-refractivity contribution is 0.288. The van der Waals surface area contributed by atoms with E-state index in [0.29, 0.717) is 0 Å². The molecule has 0 bridgehead atoms. The molecule has 2 aromatic rings. The van der Waals surface area contributed by atoms with E-state index in [-0.39, 0.29) is 6.61 Å². The fourth-order valence-corrected chi connectivity index (χ4v) is 1.75. The minimum Gasteiger partial charge on any atom is -0.396 e. The second-order valence-electron chi connectivity index (χ2n) is 3.35. The van der Waals surface area contributed by atoms with Gasteiger partial charge in [-0.25, -0.2) is 0 Å². The molecular weight excluding hydrogens is 198 g/mol. The molecular formula is C11H12ClNO. The van der Waals surface area contributed by atoms with E-state index in [1.165, 1.54) is 0 Å². The van der Waals surface area contributed by atoms with Crippen LogP contribution in [0.2, 0.25) is 5.02 Å². The number of aryl methyl sites for hydroxylation is 1. The minimum atomic E-state index is 0.232. The highest BCUT2D eigenvalue weighted by Gasteiger charge is 2.00. The zero-order chi connectivity index (χ0) is 9.97. The second kappa shape index (κ2) is 4.03. The first-order valence-electron chi connectivity index (χ1n) is 4.67. The molecule has 2 nitrogen and oxygen atoms in total. The van der Waals surface area contributed by atoms with Gasteiger partial charge >= 0.3 is 0 Å². The van der Waals surface area contributed by atoms with E-state index in [0.717, 1.165) is 34.5 Å². The predicted octanol–water partition coefficient (Wildman–Crippen LogP) is 2.75. The number of halogens is 1. The molecule has 0 radical (unpaired) electrons. The number of aromatic amines is 1. The number of aromatic nitrogens is 1. The van der Waals surface area contributed by atoms with Crippen LogP contribution in [0.3, 0.4) is 0 Å². The van der Waals surface area contributed by atoms with Gasteiger partial charge in [-0.3, -0.25) is 0 Å². The third-order valence-electron chi connectivity index (χ3n) is 2.24. The molecule has 2 rings (SSSR count). The van der Waals surface area contributed by atoms with Gasteiger partial charge in [0.25, 0.3) is 0 Å². The highest BCUT2D eigenvalue weighted by atomic mass is 35.5. The van der Waals surface area contributed by atoms with E-state index >= 15 is 0 Å². The van der Waals surface area contributed by atoms with Crippen LogP contribution in [0, 0.1) is 0 Å². The number of hydrogen-bond acceptors (Lipinski definition) is 1. The lowest BCUT2D eigenvalue weighted by Crippen LogP contribution is -1.88. The standard InChI is InChI=1S/C11H12ClNO/c12-9-3-4-11-8(6-9)7-10(13-11)2-1-5-14/h3-4,6-7,13-14H,1-2,5H2. The fourth-order valence-electron chi connectivity index (χ4n) is 1.57. The summed E-state index contributed by atoms with van der Waals surface area (Å²) in [5.74, 6) is 0. The molecule has 0 fully saturated rings. The van der Waals surface area contributed by atoms with Gasteiger partial charge in [-0.2, -0.15) is 0 Å². The Kier molecular flexibility index (Phi) is 2.75. The molecule has 0 unspecified atom stereocenters. The van der Waals surface area contributed by atoms with Gasteiger partial charge in [-0.15, -0.1) is 0 Å². The van der Waals surface area contributed by atoms with Crippen LogP contribution in [0.4, 0.5) is 0 Å². The van der Waals surface area contributed by atoms with Crippen LogP contribution in [0.1, 0.15) is 12.1 Å². The lowest BCUT2D eigenvalue weighted by atomic mass is 10.2. The summed E-state index contributed by atoms with van der Waals surface area (Å²) in [5.41, 5.74) is 2.25. The van der Waals surface area contributed by atoms with Crippen LogP contribution in [-0.4, -0.2) is 16.7 Å². The molecule has 1 aromatic heterocycles. The first kappa shape index (κ1) is 9.56. The molecule has 0 spiro atoms. The number of fused-ring (bicyclic) bond motifs is 1. The van der Waals surface area contributed by atoms with Crippen LogP contribution in [0.15, 0.2) is 24.3 Å². The first-order chi connectivity index (χ1) is 6.79. The number of benzene rings is 1. The van der Waals surface area contributed by atoms with Crippen LogP contribution in [-0.2, 0) is 6.42 Å². The molecule has 1 heterocycles. The van der Waals surface area contributed by atoms with E-state index < -0.39 is 0 Å². The van der Waals surface area contributed by atoms with Crippen molar-refractivity contribution in [3.05, 3.63) is 35.0 Å².